The van der Waals surface area contributed by atoms with Crippen molar-refractivity contribution in [3.8, 4) is 5.75 Å². The predicted molar refractivity (Wildman–Crippen MR) is 71.5 cm³/mol. The summed E-state index contributed by atoms with van der Waals surface area (Å²) in [6, 6.07) is 7.35. The third-order valence-electron chi connectivity index (χ3n) is 2.99. The van der Waals surface area contributed by atoms with Gasteiger partial charge >= 0.3 is 0 Å². The molecule has 104 valence electrons. The average molecular weight is 264 g/mol. The molecule has 1 aliphatic heterocycles. The van der Waals surface area contributed by atoms with Gasteiger partial charge in [0.2, 0.25) is 0 Å². The summed E-state index contributed by atoms with van der Waals surface area (Å²) in [5, 5.41) is 0. The van der Waals surface area contributed by atoms with E-state index in [0.29, 0.717) is 44.0 Å². The molecule has 0 unspecified atom stereocenters. The van der Waals surface area contributed by atoms with Crippen LogP contribution in [0.15, 0.2) is 24.3 Å². The average Bonchev–Trinajstić information content (AvgIpc) is 2.47. The number of benzene rings is 1. The fourth-order valence-electron chi connectivity index (χ4n) is 2.07. The number of ether oxygens (including phenoxy) is 3. The first-order chi connectivity index (χ1) is 9.31. The molecule has 4 heteroatoms. The van der Waals surface area contributed by atoms with Gasteiger partial charge in [0.15, 0.2) is 12.1 Å². The van der Waals surface area contributed by atoms with E-state index < -0.39 is 0 Å². The maximum atomic E-state index is 12.2. The number of carbonyl (C=O) groups excluding carboxylic acids is 1. The van der Waals surface area contributed by atoms with Gasteiger partial charge < -0.3 is 14.2 Å². The molecule has 0 aromatic heterocycles. The van der Waals surface area contributed by atoms with E-state index in [1.54, 1.807) is 6.07 Å². The summed E-state index contributed by atoms with van der Waals surface area (Å²) in [6.45, 7) is 3.90. The van der Waals surface area contributed by atoms with Crippen molar-refractivity contribution in [1.82, 2.24) is 0 Å². The highest BCUT2D eigenvalue weighted by atomic mass is 16.7. The molecule has 4 nitrogen and oxygen atoms in total. The van der Waals surface area contributed by atoms with E-state index >= 15 is 0 Å². The minimum atomic E-state index is -0.239. The Morgan fingerprint density at radius 1 is 1.32 bits per heavy atom. The molecule has 0 spiro atoms. The first kappa shape index (κ1) is 14.0. The lowest BCUT2D eigenvalue weighted by atomic mass is 10.1. The van der Waals surface area contributed by atoms with Crippen molar-refractivity contribution >= 4 is 5.78 Å². The Labute approximate surface area is 113 Å². The van der Waals surface area contributed by atoms with Gasteiger partial charge in [-0.25, -0.2) is 0 Å². The SMILES string of the molecule is CCOc1ccccc1C(=O)CCC1OCCCO1. The van der Waals surface area contributed by atoms with Crippen LogP contribution in [0.1, 0.15) is 36.5 Å². The molecule has 0 aliphatic carbocycles. The molecule has 2 rings (SSSR count). The zero-order valence-electron chi connectivity index (χ0n) is 11.3. The Hall–Kier alpha value is -1.39. The fraction of sp³-hybridized carbons (Fsp3) is 0.533. The number of hydrogen-bond acceptors (Lipinski definition) is 4. The number of carbonyl (C=O) groups is 1. The molecule has 0 saturated carbocycles. The maximum Gasteiger partial charge on any atom is 0.166 e. The smallest absolute Gasteiger partial charge is 0.166 e. The monoisotopic (exact) mass is 264 g/mol. The summed E-state index contributed by atoms with van der Waals surface area (Å²) in [7, 11) is 0. The molecule has 1 aliphatic rings. The number of Topliss-reactive ketones (excluding diaryl/α,β-unsaturated/α-hetero) is 1. The second-order valence-electron chi connectivity index (χ2n) is 4.42. The zero-order valence-corrected chi connectivity index (χ0v) is 11.3. The topological polar surface area (TPSA) is 44.8 Å². The van der Waals surface area contributed by atoms with E-state index in [9.17, 15) is 4.79 Å². The van der Waals surface area contributed by atoms with Gasteiger partial charge in [-0.2, -0.15) is 0 Å². The van der Waals surface area contributed by atoms with Crippen LogP contribution in [-0.2, 0) is 9.47 Å². The standard InChI is InChI=1S/C15H20O4/c1-2-17-14-7-4-3-6-12(14)13(16)8-9-15-18-10-5-11-19-15/h3-4,6-7,15H,2,5,8-11H2,1H3. The van der Waals surface area contributed by atoms with Gasteiger partial charge in [-0.1, -0.05) is 12.1 Å². The summed E-state index contributed by atoms with van der Waals surface area (Å²) >= 11 is 0. The van der Waals surface area contributed by atoms with Gasteiger partial charge in [-0.3, -0.25) is 4.79 Å². The van der Waals surface area contributed by atoms with Crippen molar-refractivity contribution in [1.29, 1.82) is 0 Å². The lowest BCUT2D eigenvalue weighted by Gasteiger charge is -2.22. The Morgan fingerprint density at radius 2 is 2.05 bits per heavy atom. The van der Waals surface area contributed by atoms with Gasteiger partial charge in [0.1, 0.15) is 5.75 Å². The van der Waals surface area contributed by atoms with Crippen LogP contribution in [0, 0.1) is 0 Å². The molecule has 0 amide bonds. The Balaban J connectivity index is 1.91. The highest BCUT2D eigenvalue weighted by molar-refractivity contribution is 5.98. The predicted octanol–water partition coefficient (Wildman–Crippen LogP) is 2.81. The fourth-order valence-corrected chi connectivity index (χ4v) is 2.07. The van der Waals surface area contributed by atoms with E-state index in [1.165, 1.54) is 0 Å². The molecule has 19 heavy (non-hydrogen) atoms. The van der Waals surface area contributed by atoms with Crippen LogP contribution in [-0.4, -0.2) is 31.9 Å². The third kappa shape index (κ3) is 4.04. The number of rotatable bonds is 6. The van der Waals surface area contributed by atoms with E-state index in [4.69, 9.17) is 14.2 Å². The van der Waals surface area contributed by atoms with Crippen molar-refractivity contribution in [2.75, 3.05) is 19.8 Å². The van der Waals surface area contributed by atoms with Crippen molar-refractivity contribution < 1.29 is 19.0 Å². The summed E-state index contributed by atoms with van der Waals surface area (Å²) in [5.41, 5.74) is 0.639. The minimum Gasteiger partial charge on any atom is -0.493 e. The molecule has 1 heterocycles. The summed E-state index contributed by atoms with van der Waals surface area (Å²) in [6.07, 6.45) is 1.70. The molecule has 1 saturated heterocycles. The van der Waals surface area contributed by atoms with Gasteiger partial charge in [0.25, 0.3) is 0 Å². The lowest BCUT2D eigenvalue weighted by molar-refractivity contribution is -0.180. The first-order valence-electron chi connectivity index (χ1n) is 6.79. The zero-order chi connectivity index (χ0) is 13.5. The Morgan fingerprint density at radius 3 is 2.79 bits per heavy atom. The first-order valence-corrected chi connectivity index (χ1v) is 6.79. The Bertz CT molecular complexity index is 410. The summed E-state index contributed by atoms with van der Waals surface area (Å²) in [4.78, 5) is 12.2. The molecule has 0 atom stereocenters. The van der Waals surface area contributed by atoms with Crippen molar-refractivity contribution in [3.05, 3.63) is 29.8 Å². The minimum absolute atomic E-state index is 0.0711. The van der Waals surface area contributed by atoms with Crippen LogP contribution in [0.25, 0.3) is 0 Å². The molecule has 0 bridgehead atoms. The third-order valence-corrected chi connectivity index (χ3v) is 2.99. The van der Waals surface area contributed by atoms with Gasteiger partial charge in [0.05, 0.1) is 25.4 Å². The van der Waals surface area contributed by atoms with Crippen LogP contribution in [0.3, 0.4) is 0 Å². The van der Waals surface area contributed by atoms with Gasteiger partial charge in [-0.05, 0) is 25.5 Å². The van der Waals surface area contributed by atoms with Crippen molar-refractivity contribution in [2.24, 2.45) is 0 Å². The molecule has 1 aromatic carbocycles. The van der Waals surface area contributed by atoms with Gasteiger partial charge in [0, 0.05) is 12.8 Å². The van der Waals surface area contributed by atoms with Crippen molar-refractivity contribution in [2.45, 2.75) is 32.5 Å². The summed E-state index contributed by atoms with van der Waals surface area (Å²) in [5.74, 6) is 0.724. The number of para-hydroxylation sites is 1. The van der Waals surface area contributed by atoms with E-state index in [2.05, 4.69) is 0 Å². The highest BCUT2D eigenvalue weighted by Gasteiger charge is 2.18. The molecule has 0 N–H and O–H groups in total. The molecular weight excluding hydrogens is 244 g/mol. The largest absolute Gasteiger partial charge is 0.493 e. The quantitative estimate of drug-likeness (QED) is 0.741. The number of hydrogen-bond donors (Lipinski definition) is 0. The lowest BCUT2D eigenvalue weighted by Crippen LogP contribution is -2.25. The van der Waals surface area contributed by atoms with Crippen LogP contribution < -0.4 is 4.74 Å². The summed E-state index contributed by atoms with van der Waals surface area (Å²) < 4.78 is 16.3. The maximum absolute atomic E-state index is 12.2. The van der Waals surface area contributed by atoms with Gasteiger partial charge in [-0.15, -0.1) is 0 Å². The van der Waals surface area contributed by atoms with Crippen molar-refractivity contribution in [3.63, 3.8) is 0 Å². The molecule has 1 aromatic rings. The van der Waals surface area contributed by atoms with Crippen LogP contribution in [0.5, 0.6) is 5.75 Å². The van der Waals surface area contributed by atoms with Crippen LogP contribution >= 0.6 is 0 Å². The van der Waals surface area contributed by atoms with Crippen LogP contribution in [0.4, 0.5) is 0 Å². The molecule has 0 radical (unpaired) electrons. The second kappa shape index (κ2) is 7.26. The molecule has 1 fully saturated rings. The normalized spacial score (nSPS) is 16.3. The van der Waals surface area contributed by atoms with E-state index in [-0.39, 0.29) is 12.1 Å². The highest BCUT2D eigenvalue weighted by Crippen LogP contribution is 2.21. The Kier molecular flexibility index (Phi) is 5.36. The second-order valence-corrected chi connectivity index (χ2v) is 4.42. The van der Waals surface area contributed by atoms with Crippen LogP contribution in [0.2, 0.25) is 0 Å². The van der Waals surface area contributed by atoms with E-state index in [0.717, 1.165) is 6.42 Å². The van der Waals surface area contributed by atoms with E-state index in [1.807, 2.05) is 25.1 Å². The number of ketones is 1. The molecular formula is C15H20O4.